The number of likely N-dealkylation sites (tertiary alicyclic amines) is 1. The predicted molar refractivity (Wildman–Crippen MR) is 74.6 cm³/mol. The second-order valence-corrected chi connectivity index (χ2v) is 5.46. The molecule has 0 saturated carbocycles. The number of carbonyl (C=O) groups excluding carboxylic acids is 1. The van der Waals surface area contributed by atoms with Crippen LogP contribution in [0.3, 0.4) is 0 Å². The zero-order valence-electron chi connectivity index (χ0n) is 12.1. The van der Waals surface area contributed by atoms with E-state index < -0.39 is 29.0 Å². The zero-order chi connectivity index (χ0) is 16.7. The van der Waals surface area contributed by atoms with Crippen molar-refractivity contribution in [3.8, 4) is 0 Å². The Bertz CT molecular complexity index is 675. The number of amides is 1. The first-order valence-electron chi connectivity index (χ1n) is 6.63. The molecule has 0 bridgehead atoms. The molecule has 1 N–H and O–H groups in total. The van der Waals surface area contributed by atoms with Gasteiger partial charge in [-0.15, -0.1) is 0 Å². The van der Waals surface area contributed by atoms with Crippen LogP contribution in [-0.2, 0) is 4.79 Å². The van der Waals surface area contributed by atoms with Crippen LogP contribution in [0.4, 0.5) is 10.1 Å². The lowest BCUT2D eigenvalue weighted by Crippen LogP contribution is -2.39. The van der Waals surface area contributed by atoms with Gasteiger partial charge >= 0.3 is 5.97 Å². The summed E-state index contributed by atoms with van der Waals surface area (Å²) in [7, 11) is 0. The van der Waals surface area contributed by atoms with Crippen LogP contribution >= 0.6 is 0 Å². The third-order valence-electron chi connectivity index (χ3n) is 3.86. The summed E-state index contributed by atoms with van der Waals surface area (Å²) in [5.74, 6) is -2.20. The van der Waals surface area contributed by atoms with Gasteiger partial charge in [-0.05, 0) is 25.5 Å². The lowest BCUT2D eigenvalue weighted by atomic mass is 10.0. The van der Waals surface area contributed by atoms with Gasteiger partial charge in [0.1, 0.15) is 0 Å². The Kier molecular flexibility index (Phi) is 3.87. The Morgan fingerprint density at radius 3 is 2.50 bits per heavy atom. The third-order valence-corrected chi connectivity index (χ3v) is 3.86. The summed E-state index contributed by atoms with van der Waals surface area (Å²) in [5, 5.41) is 19.8. The van der Waals surface area contributed by atoms with Gasteiger partial charge in [0, 0.05) is 30.2 Å². The predicted octanol–water partition coefficient (Wildman–Crippen LogP) is 1.85. The van der Waals surface area contributed by atoms with Crippen LogP contribution in [0.2, 0.25) is 0 Å². The fraction of sp³-hybridized carbons (Fsp3) is 0.429. The first-order valence-corrected chi connectivity index (χ1v) is 6.63. The van der Waals surface area contributed by atoms with Crippen LogP contribution in [0.1, 0.15) is 27.9 Å². The molecule has 7 nitrogen and oxygen atoms in total. The van der Waals surface area contributed by atoms with Gasteiger partial charge in [0.05, 0.1) is 11.5 Å². The number of aliphatic carboxylic acids is 1. The lowest BCUT2D eigenvalue weighted by molar-refractivity contribution is -0.385. The molecule has 118 valence electrons. The highest BCUT2D eigenvalue weighted by atomic mass is 19.1. The first-order chi connectivity index (χ1) is 10.2. The highest BCUT2D eigenvalue weighted by Gasteiger charge is 2.47. The molecule has 1 fully saturated rings. The Hall–Kier alpha value is -2.51. The van der Waals surface area contributed by atoms with Gasteiger partial charge in [-0.1, -0.05) is 0 Å². The SMILES string of the molecule is Cc1cc(C)c([N+](=O)[O-])cc1C(=O)N1CCC(F)(C(=O)O)C1. The molecule has 0 radical (unpaired) electrons. The van der Waals surface area contributed by atoms with Crippen LogP contribution in [0.25, 0.3) is 0 Å². The monoisotopic (exact) mass is 310 g/mol. The molecule has 1 saturated heterocycles. The van der Waals surface area contributed by atoms with Crippen LogP contribution < -0.4 is 0 Å². The standard InChI is InChI=1S/C14H15FN2O5/c1-8-5-9(2)11(17(21)22)6-10(8)12(18)16-4-3-14(15,7-16)13(19)20/h5-6H,3-4,7H2,1-2H3,(H,19,20). The van der Waals surface area contributed by atoms with Gasteiger partial charge in [0.25, 0.3) is 11.6 Å². The van der Waals surface area contributed by atoms with E-state index >= 15 is 0 Å². The lowest BCUT2D eigenvalue weighted by Gasteiger charge is -2.19. The Morgan fingerprint density at radius 1 is 1.36 bits per heavy atom. The quantitative estimate of drug-likeness (QED) is 0.678. The minimum absolute atomic E-state index is 0.0389. The molecule has 0 aromatic heterocycles. The molecule has 8 heteroatoms. The van der Waals surface area contributed by atoms with Gasteiger partial charge in [-0.2, -0.15) is 0 Å². The number of nitro benzene ring substituents is 1. The number of alkyl halides is 1. The van der Waals surface area contributed by atoms with Crippen molar-refractivity contribution in [3.05, 3.63) is 38.9 Å². The summed E-state index contributed by atoms with van der Waals surface area (Å²) in [6.07, 6.45) is -0.291. The molecule has 22 heavy (non-hydrogen) atoms. The van der Waals surface area contributed by atoms with Crippen molar-refractivity contribution in [2.75, 3.05) is 13.1 Å². The van der Waals surface area contributed by atoms with Gasteiger partial charge in [-0.25, -0.2) is 9.18 Å². The molecular weight excluding hydrogens is 295 g/mol. The number of nitro groups is 1. The topological polar surface area (TPSA) is 101 Å². The number of hydrogen-bond acceptors (Lipinski definition) is 4. The van der Waals surface area contributed by atoms with E-state index in [9.17, 15) is 24.1 Å². The summed E-state index contributed by atoms with van der Waals surface area (Å²) in [6, 6.07) is 2.67. The minimum Gasteiger partial charge on any atom is -0.479 e. The second-order valence-electron chi connectivity index (χ2n) is 5.46. The smallest absolute Gasteiger partial charge is 0.343 e. The molecular formula is C14H15FN2O5. The Labute approximate surface area is 125 Å². The third kappa shape index (κ3) is 2.63. The largest absolute Gasteiger partial charge is 0.479 e. The maximum atomic E-state index is 14.0. The van der Waals surface area contributed by atoms with Crippen LogP contribution in [-0.4, -0.2) is 45.6 Å². The van der Waals surface area contributed by atoms with Crippen molar-refractivity contribution < 1.29 is 24.0 Å². The van der Waals surface area contributed by atoms with Crippen LogP contribution in [0.5, 0.6) is 0 Å². The van der Waals surface area contributed by atoms with Crippen molar-refractivity contribution in [1.29, 1.82) is 0 Å². The second kappa shape index (κ2) is 5.36. The van der Waals surface area contributed by atoms with Crippen LogP contribution in [0.15, 0.2) is 12.1 Å². The first kappa shape index (κ1) is 15.9. The molecule has 1 aliphatic heterocycles. The molecule has 1 aliphatic rings. The number of halogens is 1. The highest BCUT2D eigenvalue weighted by molar-refractivity contribution is 5.97. The summed E-state index contributed by atoms with van der Waals surface area (Å²) < 4.78 is 14.0. The van der Waals surface area contributed by atoms with Gasteiger partial charge in [-0.3, -0.25) is 14.9 Å². The normalized spacial score (nSPS) is 21.0. The number of carboxylic acid groups (broad SMARTS) is 1. The Morgan fingerprint density at radius 2 is 2.00 bits per heavy atom. The van der Waals surface area contributed by atoms with E-state index in [1.165, 1.54) is 6.07 Å². The van der Waals surface area contributed by atoms with E-state index in [-0.39, 0.29) is 24.2 Å². The highest BCUT2D eigenvalue weighted by Crippen LogP contribution is 2.29. The number of carboxylic acids is 1. The number of rotatable bonds is 3. The average molecular weight is 310 g/mol. The molecule has 1 aromatic rings. The number of benzene rings is 1. The number of carbonyl (C=O) groups is 2. The maximum Gasteiger partial charge on any atom is 0.343 e. The van der Waals surface area contributed by atoms with E-state index in [2.05, 4.69) is 0 Å². The summed E-state index contributed by atoms with van der Waals surface area (Å²) in [6.45, 7) is 2.59. The van der Waals surface area contributed by atoms with Crippen molar-refractivity contribution in [2.24, 2.45) is 0 Å². The van der Waals surface area contributed by atoms with Crippen molar-refractivity contribution in [2.45, 2.75) is 25.9 Å². The maximum absolute atomic E-state index is 14.0. The van der Waals surface area contributed by atoms with E-state index in [4.69, 9.17) is 5.11 Å². The van der Waals surface area contributed by atoms with Crippen molar-refractivity contribution >= 4 is 17.6 Å². The van der Waals surface area contributed by atoms with Gasteiger partial charge < -0.3 is 10.0 Å². The molecule has 1 aromatic carbocycles. The number of nitrogens with zero attached hydrogens (tertiary/aromatic N) is 2. The molecule has 0 spiro atoms. The number of hydrogen-bond donors (Lipinski definition) is 1. The summed E-state index contributed by atoms with van der Waals surface area (Å²) in [5.41, 5.74) is -1.62. The summed E-state index contributed by atoms with van der Waals surface area (Å²) in [4.78, 5) is 34.7. The molecule has 1 atom stereocenters. The fourth-order valence-electron chi connectivity index (χ4n) is 2.56. The van der Waals surface area contributed by atoms with Crippen LogP contribution in [0, 0.1) is 24.0 Å². The molecule has 2 rings (SSSR count). The average Bonchev–Trinajstić information content (AvgIpc) is 2.82. The molecule has 1 heterocycles. The van der Waals surface area contributed by atoms with Crippen molar-refractivity contribution in [1.82, 2.24) is 4.90 Å². The zero-order valence-corrected chi connectivity index (χ0v) is 12.1. The molecule has 1 unspecified atom stereocenters. The number of aryl methyl sites for hydroxylation is 2. The van der Waals surface area contributed by atoms with E-state index in [1.54, 1.807) is 13.8 Å². The fourth-order valence-corrected chi connectivity index (χ4v) is 2.56. The minimum atomic E-state index is -2.46. The van der Waals surface area contributed by atoms with Gasteiger partial charge in [0.15, 0.2) is 0 Å². The van der Waals surface area contributed by atoms with E-state index in [0.29, 0.717) is 11.1 Å². The van der Waals surface area contributed by atoms with E-state index in [1.807, 2.05) is 0 Å². The van der Waals surface area contributed by atoms with Crippen molar-refractivity contribution in [3.63, 3.8) is 0 Å². The molecule has 1 amide bonds. The summed E-state index contributed by atoms with van der Waals surface area (Å²) >= 11 is 0. The molecule has 0 aliphatic carbocycles. The van der Waals surface area contributed by atoms with E-state index in [0.717, 1.165) is 11.0 Å². The van der Waals surface area contributed by atoms with Gasteiger partial charge in [0.2, 0.25) is 5.67 Å². The Balaban J connectivity index is 2.33.